The molecule has 2 aromatic carbocycles. The molecule has 1 aliphatic rings. The smallest absolute Gasteiger partial charge is 0.338 e. The average molecular weight is 473 g/mol. The normalized spacial score (nSPS) is 25.5. The van der Waals surface area contributed by atoms with Crippen molar-refractivity contribution in [3.8, 4) is 5.75 Å². The van der Waals surface area contributed by atoms with Crippen molar-refractivity contribution in [2.75, 3.05) is 27.4 Å². The summed E-state index contributed by atoms with van der Waals surface area (Å²) in [6.07, 6.45) is -3.57. The molecule has 2 aromatic rings. The predicted octanol–water partition coefficient (Wildman–Crippen LogP) is 3.89. The number of rotatable bonds is 11. The number of esters is 1. The van der Waals surface area contributed by atoms with E-state index in [2.05, 4.69) is 10.0 Å². The molecule has 1 aliphatic heterocycles. The minimum absolute atomic E-state index is 0.218. The first-order chi connectivity index (χ1) is 17.0. The molecule has 0 bridgehead atoms. The van der Waals surface area contributed by atoms with Crippen LogP contribution in [0.3, 0.4) is 0 Å². The summed E-state index contributed by atoms with van der Waals surface area (Å²) in [5.41, 5.74) is 10.2. The van der Waals surface area contributed by atoms with Gasteiger partial charge in [0.05, 0.1) is 32.8 Å². The second kappa shape index (κ2) is 12.9. The summed E-state index contributed by atoms with van der Waals surface area (Å²) in [4.78, 5) is 15.5. The Bertz CT molecular complexity index is 988. The number of hydrogen-bond donors (Lipinski definition) is 0. The lowest BCUT2D eigenvalue weighted by Crippen LogP contribution is -2.60. The highest BCUT2D eigenvalue weighted by Crippen LogP contribution is 2.30. The molecule has 1 heterocycles. The highest BCUT2D eigenvalue weighted by molar-refractivity contribution is 5.89. The minimum atomic E-state index is -1.15. The van der Waals surface area contributed by atoms with Crippen LogP contribution in [0.1, 0.15) is 24.2 Å². The van der Waals surface area contributed by atoms with Crippen LogP contribution in [-0.2, 0) is 30.3 Å². The Balaban J connectivity index is 1.86. The molecule has 1 fully saturated rings. The summed E-state index contributed by atoms with van der Waals surface area (Å²) in [6.45, 7) is 0.714. The maximum atomic E-state index is 12.5. The Morgan fingerprint density at radius 1 is 1.12 bits per heavy atom. The highest BCUT2D eigenvalue weighted by Gasteiger charge is 2.47. The third-order valence-corrected chi connectivity index (χ3v) is 5.26. The molecule has 10 heteroatoms. The second-order valence-corrected chi connectivity index (χ2v) is 7.35. The molecule has 0 saturated carbocycles. The molecule has 182 valence electrons. The molecule has 0 spiro atoms. The molecular weight excluding hydrogens is 442 g/mol. The van der Waals surface area contributed by atoms with Crippen LogP contribution in [0.25, 0.3) is 10.4 Å². The zero-order valence-electron chi connectivity index (χ0n) is 20.3. The largest absolute Gasteiger partial charge is 0.497 e. The van der Waals surface area contributed by atoms with Gasteiger partial charge in [0.1, 0.15) is 24.6 Å². The van der Waals surface area contributed by atoms with Gasteiger partial charge < -0.3 is 28.4 Å². The zero-order chi connectivity index (χ0) is 25.2. The van der Waals surface area contributed by atoms with Crippen molar-refractivity contribution < 1.29 is 34.6 Å². The highest BCUT2D eigenvalue weighted by atomic mass is 16.7. The molecule has 0 aromatic heterocycles. The summed E-state index contributed by atoms with van der Waals surface area (Å²) in [6, 6.07) is 14.4. The van der Waals surface area contributed by atoms with Crippen molar-refractivity contribution in [2.24, 2.45) is 5.11 Å². The van der Waals surface area contributed by atoms with Crippen molar-refractivity contribution >= 4 is 5.97 Å². The molecule has 2 unspecified atom stereocenters. The minimum Gasteiger partial charge on any atom is -0.497 e. The second-order valence-electron chi connectivity index (χ2n) is 7.35. The van der Waals surface area contributed by atoms with Gasteiger partial charge in [-0.05, 0) is 42.3 Å². The molecule has 0 N–H and O–H groups in total. The van der Waals surface area contributed by atoms with E-state index in [1.807, 2.05) is 0 Å². The van der Waals surface area contributed by atoms with Crippen LogP contribution >= 0.6 is 0 Å². The van der Waals surface area contributed by atoms with E-state index < -0.39 is 43.2 Å². The van der Waals surface area contributed by atoms with E-state index in [-0.39, 0.29) is 6.61 Å². The quantitative estimate of drug-likeness (QED) is 0.210. The van der Waals surface area contributed by atoms with Crippen LogP contribution in [0.15, 0.2) is 59.7 Å². The van der Waals surface area contributed by atoms with Crippen molar-refractivity contribution in [1.29, 1.82) is 0 Å². The molecule has 10 nitrogen and oxygen atoms in total. The SMILES string of the molecule is [2H]C(O[C@H]1[C@@H](N=[N+]=[N-])[C@H](OCC)C(OC)O[C@@H]1COC(=O)c1ccccc1)c1ccc(OC)cc1. The third kappa shape index (κ3) is 6.47. The number of hydrogen-bond acceptors (Lipinski definition) is 8. The third-order valence-electron chi connectivity index (χ3n) is 5.26. The molecule has 3 rings (SSSR count). The van der Waals surface area contributed by atoms with Crippen LogP contribution < -0.4 is 4.74 Å². The van der Waals surface area contributed by atoms with E-state index in [1.54, 1.807) is 68.6 Å². The molecule has 0 radical (unpaired) electrons. The van der Waals surface area contributed by atoms with E-state index in [1.165, 1.54) is 7.11 Å². The number of azide groups is 1. The van der Waals surface area contributed by atoms with Crippen LogP contribution in [0, 0.1) is 0 Å². The maximum Gasteiger partial charge on any atom is 0.338 e. The van der Waals surface area contributed by atoms with Gasteiger partial charge in [-0.1, -0.05) is 35.4 Å². The fourth-order valence-corrected chi connectivity index (χ4v) is 3.60. The van der Waals surface area contributed by atoms with Crippen molar-refractivity contribution in [2.45, 2.75) is 44.2 Å². The first-order valence-electron chi connectivity index (χ1n) is 11.4. The summed E-state index contributed by atoms with van der Waals surface area (Å²) in [5, 5.41) is 3.90. The Labute approximate surface area is 199 Å². The van der Waals surface area contributed by atoms with Crippen molar-refractivity contribution in [3.63, 3.8) is 0 Å². The average Bonchev–Trinajstić information content (AvgIpc) is 2.90. The fraction of sp³-hybridized carbons (Fsp3) is 0.458. The number of carbonyl (C=O) groups is 1. The van der Waals surface area contributed by atoms with Crippen LogP contribution in [0.2, 0.25) is 0 Å². The van der Waals surface area contributed by atoms with E-state index in [9.17, 15) is 10.3 Å². The van der Waals surface area contributed by atoms with Gasteiger partial charge in [0, 0.05) is 18.6 Å². The van der Waals surface area contributed by atoms with Crippen LogP contribution in [-0.4, -0.2) is 64.0 Å². The Hall–Kier alpha value is -3.14. The molecular formula is C24H29N3O7. The van der Waals surface area contributed by atoms with Gasteiger partial charge in [0.2, 0.25) is 0 Å². The Kier molecular flexibility index (Phi) is 9.13. The van der Waals surface area contributed by atoms with E-state index in [0.717, 1.165) is 0 Å². The standard InChI is InChI=1S/C24H29N3O7/c1-4-31-22-20(26-27-25)21(32-14-16-10-12-18(29-2)13-11-16)19(34-24(22)30-3)15-33-23(28)17-8-6-5-7-9-17/h5-13,19-22,24H,4,14-15H2,1-3H3/t19-,20-,21-,22+,24?/m1/s1/i14D/t14?,19-,20-,21-,22+,24?. The fourth-order valence-electron chi connectivity index (χ4n) is 3.60. The van der Waals surface area contributed by atoms with Gasteiger partial charge in [0.25, 0.3) is 0 Å². The van der Waals surface area contributed by atoms with E-state index >= 15 is 0 Å². The molecule has 0 aliphatic carbocycles. The van der Waals surface area contributed by atoms with Gasteiger partial charge >= 0.3 is 5.97 Å². The van der Waals surface area contributed by atoms with Gasteiger partial charge in [-0.25, -0.2) is 4.79 Å². The Morgan fingerprint density at radius 3 is 2.47 bits per heavy atom. The van der Waals surface area contributed by atoms with Gasteiger partial charge in [-0.3, -0.25) is 0 Å². The first kappa shape index (κ1) is 24.0. The molecule has 6 atom stereocenters. The molecule has 0 amide bonds. The topological polar surface area (TPSA) is 121 Å². The summed E-state index contributed by atoms with van der Waals surface area (Å²) in [5.74, 6) is 0.0886. The number of carbonyl (C=O) groups excluding carboxylic acids is 1. The monoisotopic (exact) mass is 472 g/mol. The summed E-state index contributed by atoms with van der Waals surface area (Å²) < 4.78 is 42.5. The van der Waals surface area contributed by atoms with Crippen molar-refractivity contribution in [1.82, 2.24) is 0 Å². The number of benzene rings is 2. The van der Waals surface area contributed by atoms with Gasteiger partial charge in [-0.15, -0.1) is 0 Å². The molecule has 34 heavy (non-hydrogen) atoms. The van der Waals surface area contributed by atoms with Crippen LogP contribution in [0.4, 0.5) is 0 Å². The lowest BCUT2D eigenvalue weighted by atomic mass is 9.96. The van der Waals surface area contributed by atoms with Gasteiger partial charge in [0.15, 0.2) is 6.29 Å². The number of methoxy groups -OCH3 is 2. The van der Waals surface area contributed by atoms with Crippen LogP contribution in [0.5, 0.6) is 5.75 Å². The molecule has 1 saturated heterocycles. The lowest BCUT2D eigenvalue weighted by molar-refractivity contribution is -0.284. The summed E-state index contributed by atoms with van der Waals surface area (Å²) >= 11 is 0. The number of nitrogens with zero attached hydrogens (tertiary/aromatic N) is 3. The maximum absolute atomic E-state index is 12.5. The van der Waals surface area contributed by atoms with Crippen molar-refractivity contribution in [3.05, 3.63) is 76.2 Å². The predicted molar refractivity (Wildman–Crippen MR) is 122 cm³/mol. The first-order valence-corrected chi connectivity index (χ1v) is 10.8. The van der Waals surface area contributed by atoms with Gasteiger partial charge in [-0.2, -0.15) is 0 Å². The lowest BCUT2D eigenvalue weighted by Gasteiger charge is -2.43. The van der Waals surface area contributed by atoms with E-state index in [4.69, 9.17) is 29.8 Å². The Morgan fingerprint density at radius 2 is 1.85 bits per heavy atom. The van der Waals surface area contributed by atoms with E-state index in [0.29, 0.717) is 23.5 Å². The summed E-state index contributed by atoms with van der Waals surface area (Å²) in [7, 11) is 2.98. The number of ether oxygens (including phenoxy) is 6. The zero-order valence-corrected chi connectivity index (χ0v) is 19.3.